The quantitative estimate of drug-likeness (QED) is 0.236. The summed E-state index contributed by atoms with van der Waals surface area (Å²) >= 11 is 6.41. The summed E-state index contributed by atoms with van der Waals surface area (Å²) in [5.74, 6) is 0.302. The van der Waals surface area contributed by atoms with Crippen molar-refractivity contribution in [2.24, 2.45) is 0 Å². The number of piperidine rings is 2. The molecule has 1 aromatic heterocycles. The van der Waals surface area contributed by atoms with Gasteiger partial charge in [-0.05, 0) is 68.5 Å². The van der Waals surface area contributed by atoms with Gasteiger partial charge in [-0.15, -0.1) is 0 Å². The van der Waals surface area contributed by atoms with Gasteiger partial charge in [-0.2, -0.15) is 13.2 Å². The van der Waals surface area contributed by atoms with Crippen molar-refractivity contribution in [2.75, 3.05) is 31.1 Å². The molecule has 3 aromatic rings. The first-order valence-corrected chi connectivity index (χ1v) is 15.4. The molecule has 2 fully saturated rings. The number of benzene rings is 2. The first-order valence-electron chi connectivity index (χ1n) is 15.0. The highest BCUT2D eigenvalue weighted by molar-refractivity contribution is 6.31. The second kappa shape index (κ2) is 13.6. The third-order valence-corrected chi connectivity index (χ3v) is 8.82. The van der Waals surface area contributed by atoms with Crippen LogP contribution in [0.5, 0.6) is 0 Å². The molecule has 0 unspecified atom stereocenters. The van der Waals surface area contributed by atoms with Gasteiger partial charge in [-0.25, -0.2) is 9.97 Å². The highest BCUT2D eigenvalue weighted by Gasteiger charge is 2.35. The summed E-state index contributed by atoms with van der Waals surface area (Å²) < 4.78 is 42.9. The first-order chi connectivity index (χ1) is 20.2. The highest BCUT2D eigenvalue weighted by atomic mass is 35.5. The number of carbonyl (C=O) groups is 1. The lowest BCUT2D eigenvalue weighted by Gasteiger charge is -2.41. The van der Waals surface area contributed by atoms with E-state index in [9.17, 15) is 18.0 Å². The Bertz CT molecular complexity index is 1380. The van der Waals surface area contributed by atoms with Crippen LogP contribution >= 0.6 is 11.6 Å². The van der Waals surface area contributed by atoms with Crippen LogP contribution in [0.4, 0.5) is 18.9 Å². The average molecular weight is 599 g/mol. The van der Waals surface area contributed by atoms with Gasteiger partial charge in [0.2, 0.25) is 0 Å². The van der Waals surface area contributed by atoms with Gasteiger partial charge in [0.25, 0.3) is 0 Å². The molecule has 42 heavy (non-hydrogen) atoms. The first kappa shape index (κ1) is 30.5. The zero-order valence-corrected chi connectivity index (χ0v) is 24.9. The lowest BCUT2D eigenvalue weighted by molar-refractivity contribution is -0.138. The Kier molecular flexibility index (Phi) is 9.84. The fourth-order valence-corrected chi connectivity index (χ4v) is 6.42. The van der Waals surface area contributed by atoms with Crippen LogP contribution in [0.25, 0.3) is 0 Å². The maximum absolute atomic E-state index is 14.3. The number of carbonyl (C=O) groups excluding carboxylic acids is 1. The minimum Gasteiger partial charge on any atom is -0.371 e. The van der Waals surface area contributed by atoms with Crippen LogP contribution in [0.15, 0.2) is 48.7 Å². The molecule has 0 aliphatic carbocycles. The Morgan fingerprint density at radius 3 is 2.43 bits per heavy atom. The minimum atomic E-state index is -4.51. The second-order valence-electron chi connectivity index (χ2n) is 11.4. The molecule has 0 atom stereocenters. The summed E-state index contributed by atoms with van der Waals surface area (Å²) in [6, 6.07) is 12.5. The number of Topliss-reactive ketones (excluding diaryl/α,β-unsaturated/α-hetero) is 1. The number of hydrogen-bond acceptors (Lipinski definition) is 5. The minimum absolute atomic E-state index is 0.0455. The SMILES string of the molecule is CCCC(=O)c1ccccc1Cc1nc(Cc2ccc(N3CCC(N4CCCCC4)CC3)cc2C(F)(F)F)ncc1Cl. The van der Waals surface area contributed by atoms with E-state index in [0.29, 0.717) is 40.9 Å². The van der Waals surface area contributed by atoms with Crippen molar-refractivity contribution in [1.29, 1.82) is 0 Å². The molecule has 9 heteroatoms. The number of halogens is 4. The summed E-state index contributed by atoms with van der Waals surface area (Å²) in [5, 5.41) is 0.316. The third kappa shape index (κ3) is 7.32. The van der Waals surface area contributed by atoms with Crippen LogP contribution in [0.3, 0.4) is 0 Å². The van der Waals surface area contributed by atoms with Crippen LogP contribution in [-0.2, 0) is 19.0 Å². The lowest BCUT2D eigenvalue weighted by Crippen LogP contribution is -2.46. The number of nitrogens with zero attached hydrogens (tertiary/aromatic N) is 4. The number of aromatic nitrogens is 2. The average Bonchev–Trinajstić information content (AvgIpc) is 2.99. The topological polar surface area (TPSA) is 49.3 Å². The van der Waals surface area contributed by atoms with E-state index in [1.165, 1.54) is 31.5 Å². The number of likely N-dealkylation sites (tertiary alicyclic amines) is 1. The van der Waals surface area contributed by atoms with Gasteiger partial charge in [-0.3, -0.25) is 4.79 Å². The van der Waals surface area contributed by atoms with E-state index < -0.39 is 11.7 Å². The van der Waals surface area contributed by atoms with E-state index in [1.54, 1.807) is 18.2 Å². The Hall–Kier alpha value is -2.97. The monoisotopic (exact) mass is 598 g/mol. The summed E-state index contributed by atoms with van der Waals surface area (Å²) in [5.41, 5.74) is 1.96. The largest absolute Gasteiger partial charge is 0.416 e. The summed E-state index contributed by atoms with van der Waals surface area (Å²) in [6.07, 6.45) is 4.02. The highest BCUT2D eigenvalue weighted by Crippen LogP contribution is 2.36. The van der Waals surface area contributed by atoms with Gasteiger partial charge in [0.05, 0.1) is 16.3 Å². The van der Waals surface area contributed by atoms with Crippen molar-refractivity contribution in [2.45, 2.75) is 76.9 Å². The lowest BCUT2D eigenvalue weighted by atomic mass is 9.97. The Labute approximate surface area is 251 Å². The van der Waals surface area contributed by atoms with Crippen LogP contribution in [0.2, 0.25) is 5.02 Å². The number of rotatable bonds is 9. The molecule has 2 aliphatic heterocycles. The van der Waals surface area contributed by atoms with E-state index in [-0.39, 0.29) is 23.6 Å². The summed E-state index contributed by atoms with van der Waals surface area (Å²) in [7, 11) is 0. The number of hydrogen-bond donors (Lipinski definition) is 0. The molecule has 3 heterocycles. The zero-order valence-electron chi connectivity index (χ0n) is 24.1. The second-order valence-corrected chi connectivity index (χ2v) is 11.8. The van der Waals surface area contributed by atoms with Crippen LogP contribution in [-0.4, -0.2) is 52.9 Å². The van der Waals surface area contributed by atoms with Crippen molar-refractivity contribution >= 4 is 23.1 Å². The van der Waals surface area contributed by atoms with Crippen LogP contribution in [0.1, 0.15) is 90.4 Å². The molecule has 0 spiro atoms. The summed E-state index contributed by atoms with van der Waals surface area (Å²) in [4.78, 5) is 26.1. The van der Waals surface area contributed by atoms with Crippen LogP contribution in [0, 0.1) is 0 Å². The Morgan fingerprint density at radius 1 is 0.976 bits per heavy atom. The predicted molar refractivity (Wildman–Crippen MR) is 160 cm³/mol. The maximum Gasteiger partial charge on any atom is 0.416 e. The van der Waals surface area contributed by atoms with Gasteiger partial charge < -0.3 is 9.80 Å². The van der Waals surface area contributed by atoms with E-state index >= 15 is 0 Å². The molecular formula is C33H38ClF3N4O. The van der Waals surface area contributed by atoms with E-state index in [2.05, 4.69) is 19.8 Å². The van der Waals surface area contributed by atoms with Crippen molar-refractivity contribution in [3.05, 3.63) is 87.5 Å². The molecule has 0 radical (unpaired) electrons. The van der Waals surface area contributed by atoms with E-state index in [1.807, 2.05) is 25.1 Å². The molecule has 0 bridgehead atoms. The van der Waals surface area contributed by atoms with E-state index in [0.717, 1.165) is 51.0 Å². The smallest absolute Gasteiger partial charge is 0.371 e. The predicted octanol–water partition coefficient (Wildman–Crippen LogP) is 7.77. The van der Waals surface area contributed by atoms with Gasteiger partial charge in [0.1, 0.15) is 5.82 Å². The van der Waals surface area contributed by atoms with Crippen molar-refractivity contribution in [3.63, 3.8) is 0 Å². The van der Waals surface area contributed by atoms with Gasteiger partial charge in [0, 0.05) is 55.8 Å². The van der Waals surface area contributed by atoms with Gasteiger partial charge in [0.15, 0.2) is 5.78 Å². The van der Waals surface area contributed by atoms with Gasteiger partial charge in [-0.1, -0.05) is 55.3 Å². The zero-order chi connectivity index (χ0) is 29.7. The summed E-state index contributed by atoms with van der Waals surface area (Å²) in [6.45, 7) is 5.73. The van der Waals surface area contributed by atoms with Crippen LogP contribution < -0.4 is 4.90 Å². The Morgan fingerprint density at radius 2 is 1.71 bits per heavy atom. The third-order valence-electron chi connectivity index (χ3n) is 8.50. The van der Waals surface area contributed by atoms with Crippen molar-refractivity contribution < 1.29 is 18.0 Å². The molecule has 0 saturated carbocycles. The van der Waals surface area contributed by atoms with E-state index in [4.69, 9.17) is 11.6 Å². The molecule has 2 aliphatic rings. The molecule has 5 nitrogen and oxygen atoms in total. The molecule has 224 valence electrons. The number of ketones is 1. The van der Waals surface area contributed by atoms with Gasteiger partial charge >= 0.3 is 6.18 Å². The fourth-order valence-electron chi connectivity index (χ4n) is 6.26. The fraction of sp³-hybridized carbons (Fsp3) is 0.485. The molecule has 2 aromatic carbocycles. The molecule has 2 saturated heterocycles. The number of anilines is 1. The molecule has 0 N–H and O–H groups in total. The Balaban J connectivity index is 1.33. The maximum atomic E-state index is 14.3. The molecule has 5 rings (SSSR count). The van der Waals surface area contributed by atoms with Crippen molar-refractivity contribution in [1.82, 2.24) is 14.9 Å². The standard InChI is InChI=1S/C33H38ClF3N4O/c1-2-8-31(42)27-10-5-4-9-23(27)19-30-29(34)22-38-32(39-30)20-24-11-12-26(21-28(24)33(35,36)37)41-17-13-25(14-18-41)40-15-6-3-7-16-40/h4-5,9-12,21-22,25H,2-3,6-8,13-20H2,1H3. The molecular weight excluding hydrogens is 561 g/mol. The normalized spacial score (nSPS) is 17.0. The van der Waals surface area contributed by atoms with Crippen molar-refractivity contribution in [3.8, 4) is 0 Å². The number of alkyl halides is 3. The molecule has 0 amide bonds.